The van der Waals surface area contributed by atoms with E-state index in [1.54, 1.807) is 43.5 Å². The first-order chi connectivity index (χ1) is 17.7. The zero-order chi connectivity index (χ0) is 26.9. The molecule has 0 aliphatic heterocycles. The van der Waals surface area contributed by atoms with Crippen LogP contribution in [0, 0.1) is 25.2 Å². The number of nitriles is 1. The number of aryl methyl sites for hydroxylation is 1. The Morgan fingerprint density at radius 2 is 1.76 bits per heavy atom. The predicted octanol–water partition coefficient (Wildman–Crippen LogP) is 5.54. The number of hydrogen-bond donors (Lipinski definition) is 2. The van der Waals surface area contributed by atoms with Gasteiger partial charge in [-0.15, -0.1) is 0 Å². The summed E-state index contributed by atoms with van der Waals surface area (Å²) in [5.74, 6) is 0.110. The number of carbonyl (C=O) groups excluding carboxylic acids is 2. The fourth-order valence-electron chi connectivity index (χ4n) is 3.36. The number of ether oxygens (including phenoxy) is 3. The SMILES string of the molecule is COc1ccc(NC(=O)COc2c(Cl)cc(/C=C(/C#N)C(=O)Nc3cccc(C)c3C)cc2OC)cc1. The minimum atomic E-state index is -0.554. The van der Waals surface area contributed by atoms with Gasteiger partial charge in [0, 0.05) is 11.4 Å². The molecule has 0 saturated carbocycles. The maximum Gasteiger partial charge on any atom is 0.266 e. The van der Waals surface area contributed by atoms with E-state index in [0.717, 1.165) is 11.1 Å². The second kappa shape index (κ2) is 12.5. The van der Waals surface area contributed by atoms with Crippen LogP contribution in [0.5, 0.6) is 17.2 Å². The lowest BCUT2D eigenvalue weighted by Gasteiger charge is -2.14. The molecule has 3 rings (SSSR count). The number of carbonyl (C=O) groups is 2. The van der Waals surface area contributed by atoms with E-state index in [1.165, 1.54) is 19.3 Å². The number of amides is 2. The summed E-state index contributed by atoms with van der Waals surface area (Å²) in [6.45, 7) is 3.51. The highest BCUT2D eigenvalue weighted by Crippen LogP contribution is 2.37. The van der Waals surface area contributed by atoms with Crippen LogP contribution in [0.25, 0.3) is 6.08 Å². The zero-order valence-corrected chi connectivity index (χ0v) is 21.6. The molecule has 37 heavy (non-hydrogen) atoms. The highest BCUT2D eigenvalue weighted by Gasteiger charge is 2.16. The first-order valence-electron chi connectivity index (χ1n) is 11.2. The van der Waals surface area contributed by atoms with E-state index in [-0.39, 0.29) is 28.7 Å². The number of methoxy groups -OCH3 is 2. The van der Waals surface area contributed by atoms with Crippen LogP contribution in [-0.4, -0.2) is 32.6 Å². The van der Waals surface area contributed by atoms with Crippen molar-refractivity contribution in [3.8, 4) is 23.3 Å². The van der Waals surface area contributed by atoms with Gasteiger partial charge < -0.3 is 24.8 Å². The van der Waals surface area contributed by atoms with Crippen molar-refractivity contribution in [2.24, 2.45) is 0 Å². The highest BCUT2D eigenvalue weighted by molar-refractivity contribution is 6.32. The summed E-state index contributed by atoms with van der Waals surface area (Å²) < 4.78 is 16.1. The first kappa shape index (κ1) is 27.1. The minimum absolute atomic E-state index is 0.119. The summed E-state index contributed by atoms with van der Waals surface area (Å²) >= 11 is 6.40. The van der Waals surface area contributed by atoms with E-state index in [1.807, 2.05) is 32.0 Å². The molecule has 190 valence electrons. The Balaban J connectivity index is 1.73. The number of hydrogen-bond acceptors (Lipinski definition) is 6. The van der Waals surface area contributed by atoms with Gasteiger partial charge >= 0.3 is 0 Å². The summed E-state index contributed by atoms with van der Waals surface area (Å²) in [6.07, 6.45) is 1.40. The minimum Gasteiger partial charge on any atom is -0.497 e. The Hall–Kier alpha value is -4.48. The number of rotatable bonds is 9. The summed E-state index contributed by atoms with van der Waals surface area (Å²) in [5, 5.41) is 15.2. The molecule has 0 atom stereocenters. The second-order valence-electron chi connectivity index (χ2n) is 7.97. The molecule has 2 N–H and O–H groups in total. The van der Waals surface area contributed by atoms with Crippen LogP contribution in [0.3, 0.4) is 0 Å². The average molecular weight is 520 g/mol. The third-order valence-electron chi connectivity index (χ3n) is 5.50. The average Bonchev–Trinajstić information content (AvgIpc) is 2.89. The van der Waals surface area contributed by atoms with Crippen molar-refractivity contribution < 1.29 is 23.8 Å². The van der Waals surface area contributed by atoms with Crippen molar-refractivity contribution in [2.45, 2.75) is 13.8 Å². The molecule has 0 aliphatic rings. The Morgan fingerprint density at radius 1 is 1.03 bits per heavy atom. The van der Waals surface area contributed by atoms with Crippen LogP contribution in [0.4, 0.5) is 11.4 Å². The van der Waals surface area contributed by atoms with Crippen LogP contribution >= 0.6 is 11.6 Å². The van der Waals surface area contributed by atoms with Gasteiger partial charge in [-0.1, -0.05) is 23.7 Å². The Morgan fingerprint density at radius 3 is 2.41 bits per heavy atom. The first-order valence-corrected chi connectivity index (χ1v) is 11.6. The van der Waals surface area contributed by atoms with Crippen molar-refractivity contribution in [1.29, 1.82) is 5.26 Å². The van der Waals surface area contributed by atoms with Gasteiger partial charge in [-0.3, -0.25) is 9.59 Å². The fourth-order valence-corrected chi connectivity index (χ4v) is 3.64. The molecular formula is C28H26ClN3O5. The van der Waals surface area contributed by atoms with Crippen LogP contribution in [0.15, 0.2) is 60.2 Å². The molecule has 9 heteroatoms. The Kier molecular flexibility index (Phi) is 9.14. The predicted molar refractivity (Wildman–Crippen MR) is 143 cm³/mol. The number of halogens is 1. The van der Waals surface area contributed by atoms with Gasteiger partial charge in [0.15, 0.2) is 18.1 Å². The molecule has 3 aromatic carbocycles. The van der Waals surface area contributed by atoms with Gasteiger partial charge in [-0.2, -0.15) is 5.26 Å². The van der Waals surface area contributed by atoms with Gasteiger partial charge in [-0.25, -0.2) is 0 Å². The monoisotopic (exact) mass is 519 g/mol. The van der Waals surface area contributed by atoms with E-state index < -0.39 is 11.8 Å². The standard InChI is InChI=1S/C28H26ClN3O5/c1-17-6-5-7-24(18(17)2)32-28(34)20(15-30)12-19-13-23(29)27(25(14-19)36-4)37-16-26(33)31-21-8-10-22(35-3)11-9-21/h5-14H,16H2,1-4H3,(H,31,33)(H,32,34)/b20-12-. The van der Waals surface area contributed by atoms with E-state index in [0.29, 0.717) is 22.7 Å². The maximum atomic E-state index is 12.7. The lowest BCUT2D eigenvalue weighted by atomic mass is 10.1. The Bertz CT molecular complexity index is 1380. The normalized spacial score (nSPS) is 10.8. The van der Waals surface area contributed by atoms with Crippen LogP contribution in [-0.2, 0) is 9.59 Å². The number of anilines is 2. The van der Waals surface area contributed by atoms with Crippen molar-refractivity contribution in [2.75, 3.05) is 31.5 Å². The van der Waals surface area contributed by atoms with Crippen LogP contribution in [0.1, 0.15) is 16.7 Å². The van der Waals surface area contributed by atoms with Crippen LogP contribution in [0.2, 0.25) is 5.02 Å². The van der Waals surface area contributed by atoms with E-state index in [2.05, 4.69) is 10.6 Å². The lowest BCUT2D eigenvalue weighted by Crippen LogP contribution is -2.20. The molecule has 0 unspecified atom stereocenters. The highest BCUT2D eigenvalue weighted by atomic mass is 35.5. The van der Waals surface area contributed by atoms with Gasteiger partial charge in [-0.05, 0) is 79.1 Å². The number of nitrogens with zero attached hydrogens (tertiary/aromatic N) is 1. The summed E-state index contributed by atoms with van der Waals surface area (Å²) in [6, 6.07) is 17.4. The largest absolute Gasteiger partial charge is 0.497 e. The van der Waals surface area contributed by atoms with Crippen molar-refractivity contribution in [1.82, 2.24) is 0 Å². The zero-order valence-electron chi connectivity index (χ0n) is 20.8. The summed E-state index contributed by atoms with van der Waals surface area (Å²) in [5.41, 5.74) is 3.46. The summed E-state index contributed by atoms with van der Waals surface area (Å²) in [7, 11) is 2.98. The molecule has 0 saturated heterocycles. The molecule has 3 aromatic rings. The lowest BCUT2D eigenvalue weighted by molar-refractivity contribution is -0.118. The second-order valence-corrected chi connectivity index (χ2v) is 8.38. The van der Waals surface area contributed by atoms with Gasteiger partial charge in [0.25, 0.3) is 11.8 Å². The molecule has 0 spiro atoms. The topological polar surface area (TPSA) is 110 Å². The molecular weight excluding hydrogens is 494 g/mol. The molecule has 8 nitrogen and oxygen atoms in total. The van der Waals surface area contributed by atoms with Crippen LogP contribution < -0.4 is 24.8 Å². The van der Waals surface area contributed by atoms with Gasteiger partial charge in [0.05, 0.1) is 19.2 Å². The van der Waals surface area contributed by atoms with Gasteiger partial charge in [0.2, 0.25) is 0 Å². The Labute approximate surface area is 220 Å². The molecule has 0 bridgehead atoms. The smallest absolute Gasteiger partial charge is 0.266 e. The van der Waals surface area contributed by atoms with E-state index >= 15 is 0 Å². The molecule has 0 heterocycles. The molecule has 0 radical (unpaired) electrons. The van der Waals surface area contributed by atoms with E-state index in [4.69, 9.17) is 25.8 Å². The van der Waals surface area contributed by atoms with Gasteiger partial charge in [0.1, 0.15) is 17.4 Å². The van der Waals surface area contributed by atoms with Crippen molar-refractivity contribution >= 4 is 40.9 Å². The third kappa shape index (κ3) is 7.03. The molecule has 0 aromatic heterocycles. The van der Waals surface area contributed by atoms with E-state index in [9.17, 15) is 14.9 Å². The quantitative estimate of drug-likeness (QED) is 0.284. The number of nitrogens with one attached hydrogen (secondary N) is 2. The molecule has 0 aliphatic carbocycles. The molecule has 0 fully saturated rings. The summed E-state index contributed by atoms with van der Waals surface area (Å²) in [4.78, 5) is 25.1. The maximum absolute atomic E-state index is 12.7. The molecule has 2 amide bonds. The fraction of sp³-hybridized carbons (Fsp3) is 0.179. The van der Waals surface area contributed by atoms with Crippen molar-refractivity contribution in [3.63, 3.8) is 0 Å². The number of benzene rings is 3. The van der Waals surface area contributed by atoms with Crippen molar-refractivity contribution in [3.05, 3.63) is 81.9 Å². The third-order valence-corrected chi connectivity index (χ3v) is 5.78.